The molecule has 1 saturated heterocycles. The van der Waals surface area contributed by atoms with Crippen LogP contribution >= 0.6 is 11.3 Å². The van der Waals surface area contributed by atoms with Gasteiger partial charge >= 0.3 is 6.09 Å². The van der Waals surface area contributed by atoms with Crippen LogP contribution in [0.5, 0.6) is 5.75 Å². The van der Waals surface area contributed by atoms with Gasteiger partial charge in [0, 0.05) is 24.7 Å². The molecule has 1 aliphatic rings. The molecular weight excluding hydrogens is 612 g/mol. The van der Waals surface area contributed by atoms with Crippen molar-refractivity contribution in [2.24, 2.45) is 0 Å². The van der Waals surface area contributed by atoms with Crippen molar-refractivity contribution >= 4 is 39.2 Å². The van der Waals surface area contributed by atoms with Crippen molar-refractivity contribution in [2.45, 2.75) is 37.0 Å². The van der Waals surface area contributed by atoms with Gasteiger partial charge in [-0.25, -0.2) is 9.78 Å². The van der Waals surface area contributed by atoms with Gasteiger partial charge in [-0.15, -0.1) is 11.3 Å². The topological polar surface area (TPSA) is 111 Å². The molecule has 0 spiro atoms. The Morgan fingerprint density at radius 2 is 1.64 bits per heavy atom. The molecule has 1 aromatic heterocycles. The Labute approximate surface area is 278 Å². The zero-order valence-corrected chi connectivity index (χ0v) is 27.0. The van der Waals surface area contributed by atoms with Crippen molar-refractivity contribution in [3.63, 3.8) is 0 Å². The molecule has 5 aromatic rings. The van der Waals surface area contributed by atoms with Crippen LogP contribution in [0, 0.1) is 0 Å². The predicted octanol–water partition coefficient (Wildman–Crippen LogP) is 6.16. The molecule has 0 saturated carbocycles. The largest absolute Gasteiger partial charge is 0.491 e. The molecule has 3 atom stereocenters. The fourth-order valence-electron chi connectivity index (χ4n) is 5.93. The Morgan fingerprint density at radius 3 is 2.38 bits per heavy atom. The first-order chi connectivity index (χ1) is 23.1. The van der Waals surface area contributed by atoms with E-state index in [2.05, 4.69) is 20.9 Å². The second-order valence-electron chi connectivity index (χ2n) is 11.4. The van der Waals surface area contributed by atoms with Crippen LogP contribution in [-0.4, -0.2) is 62.0 Å². The molecule has 4 aromatic carbocycles. The van der Waals surface area contributed by atoms with Gasteiger partial charge in [0.1, 0.15) is 24.5 Å². The number of methoxy groups -OCH3 is 1. The maximum absolute atomic E-state index is 14.1. The Hall–Kier alpha value is -4.77. The minimum absolute atomic E-state index is 0.0145. The van der Waals surface area contributed by atoms with Gasteiger partial charge in [0.25, 0.3) is 0 Å². The second kappa shape index (κ2) is 15.7. The van der Waals surface area contributed by atoms with Crippen molar-refractivity contribution in [3.8, 4) is 5.75 Å². The number of carbonyl (C=O) groups excluding carboxylic acids is 2. The van der Waals surface area contributed by atoms with Crippen molar-refractivity contribution < 1.29 is 23.8 Å². The quantitative estimate of drug-likeness (QED) is 0.148. The molecule has 242 valence electrons. The average molecular weight is 651 g/mol. The number of nitrogens with zero attached hydrogens (tertiary/aromatic N) is 1. The van der Waals surface area contributed by atoms with Gasteiger partial charge in [-0.2, -0.15) is 0 Å². The number of rotatable bonds is 12. The third-order valence-corrected chi connectivity index (χ3v) is 9.06. The van der Waals surface area contributed by atoms with Gasteiger partial charge in [-0.1, -0.05) is 78.9 Å². The van der Waals surface area contributed by atoms with Gasteiger partial charge in [0.15, 0.2) is 0 Å². The summed E-state index contributed by atoms with van der Waals surface area (Å²) in [4.78, 5) is 30.9. The van der Waals surface area contributed by atoms with Gasteiger partial charge in [-0.3, -0.25) is 4.79 Å². The third-order valence-electron chi connectivity index (χ3n) is 8.27. The van der Waals surface area contributed by atoms with Crippen molar-refractivity contribution in [1.29, 1.82) is 0 Å². The Bertz CT molecular complexity index is 1730. The van der Waals surface area contributed by atoms with E-state index < -0.39 is 18.1 Å². The number of nitrogens with one attached hydrogen (secondary N) is 3. The lowest BCUT2D eigenvalue weighted by molar-refractivity contribution is -0.118. The maximum atomic E-state index is 14.1. The molecule has 0 bridgehead atoms. The van der Waals surface area contributed by atoms with Crippen LogP contribution in [0.2, 0.25) is 0 Å². The maximum Gasteiger partial charge on any atom is 0.407 e. The smallest absolute Gasteiger partial charge is 0.407 e. The Morgan fingerprint density at radius 1 is 0.936 bits per heavy atom. The number of amides is 2. The molecule has 6 rings (SSSR count). The summed E-state index contributed by atoms with van der Waals surface area (Å²) >= 11 is 1.59. The molecule has 2 heterocycles. The van der Waals surface area contributed by atoms with E-state index in [0.29, 0.717) is 25.3 Å². The van der Waals surface area contributed by atoms with Crippen molar-refractivity contribution in [3.05, 3.63) is 125 Å². The normalized spacial score (nSPS) is 16.8. The molecular formula is C37H38N4O5S. The molecule has 0 radical (unpaired) electrons. The number of benzene rings is 4. The number of aryl methyl sites for hydroxylation is 1. The monoisotopic (exact) mass is 650 g/mol. The number of aromatic nitrogens is 1. The van der Waals surface area contributed by atoms with Gasteiger partial charge in [-0.05, 0) is 53.8 Å². The lowest BCUT2D eigenvalue weighted by Gasteiger charge is -2.31. The summed E-state index contributed by atoms with van der Waals surface area (Å²) in [5.41, 5.74) is 6.27. The summed E-state index contributed by atoms with van der Waals surface area (Å²) in [5, 5.41) is 9.40. The summed E-state index contributed by atoms with van der Waals surface area (Å²) < 4.78 is 18.5. The highest BCUT2D eigenvalue weighted by molar-refractivity contribution is 7.16. The van der Waals surface area contributed by atoms with Crippen LogP contribution in [0.1, 0.15) is 29.0 Å². The van der Waals surface area contributed by atoms with E-state index in [0.717, 1.165) is 45.6 Å². The standard InChI is InChI=1S/C37H38N4O5S/c1-44-37(43)41-35(34(26-11-4-2-5-12-26)27-13-6-3-7-14-27)36(42)40-31-15-9-8-10-25(31)16-17-29-21-38-22-30(46-29)23-45-28-18-19-32-33(20-28)47-24-39-32/h2-15,18-20,24,29-30,34-35,38H,16-17,21-23H2,1H3,(H,40,42)(H,41,43). The highest BCUT2D eigenvalue weighted by Crippen LogP contribution is 2.30. The summed E-state index contributed by atoms with van der Waals surface area (Å²) in [7, 11) is 1.29. The van der Waals surface area contributed by atoms with Crippen LogP contribution in [0.4, 0.5) is 10.5 Å². The summed E-state index contributed by atoms with van der Waals surface area (Å²) in [5.74, 6) is 0.0113. The highest BCUT2D eigenvalue weighted by Gasteiger charge is 2.33. The lowest BCUT2D eigenvalue weighted by Crippen LogP contribution is -2.48. The number of alkyl carbamates (subject to hydrolysis) is 1. The summed E-state index contributed by atoms with van der Waals surface area (Å²) in [6, 6.07) is 32.1. The van der Waals surface area contributed by atoms with Gasteiger partial charge < -0.3 is 30.2 Å². The number of morpholine rings is 1. The van der Waals surface area contributed by atoms with E-state index in [1.54, 1.807) is 11.3 Å². The van der Waals surface area contributed by atoms with E-state index in [9.17, 15) is 9.59 Å². The predicted molar refractivity (Wildman–Crippen MR) is 184 cm³/mol. The number of para-hydroxylation sites is 1. The number of hydrogen-bond donors (Lipinski definition) is 3. The molecule has 3 N–H and O–H groups in total. The number of thiazole rings is 1. The average Bonchev–Trinajstić information content (AvgIpc) is 3.59. The highest BCUT2D eigenvalue weighted by atomic mass is 32.1. The Balaban J connectivity index is 1.12. The van der Waals surface area contributed by atoms with E-state index in [1.165, 1.54) is 7.11 Å². The zero-order chi connectivity index (χ0) is 32.4. The van der Waals surface area contributed by atoms with E-state index in [4.69, 9.17) is 14.2 Å². The first kappa shape index (κ1) is 32.2. The van der Waals surface area contributed by atoms with Gasteiger partial charge in [0.05, 0.1) is 28.9 Å². The number of hydrogen-bond acceptors (Lipinski definition) is 8. The van der Waals surface area contributed by atoms with Crippen molar-refractivity contribution in [2.75, 3.05) is 32.1 Å². The molecule has 47 heavy (non-hydrogen) atoms. The third kappa shape index (κ3) is 8.34. The summed E-state index contributed by atoms with van der Waals surface area (Å²) in [6.45, 7) is 1.89. The van der Waals surface area contributed by atoms with Crippen LogP contribution < -0.4 is 20.7 Å². The molecule has 9 nitrogen and oxygen atoms in total. The number of carbonyl (C=O) groups is 2. The number of ether oxygens (including phenoxy) is 3. The Kier molecular flexibility index (Phi) is 10.7. The van der Waals surface area contributed by atoms with E-state index >= 15 is 0 Å². The van der Waals surface area contributed by atoms with Crippen LogP contribution in [0.15, 0.2) is 109 Å². The van der Waals surface area contributed by atoms with Crippen LogP contribution in [-0.2, 0) is 20.7 Å². The SMILES string of the molecule is COC(=O)NC(C(=O)Nc1ccccc1CCC1CNCC(COc2ccc3ncsc3c2)O1)C(c1ccccc1)c1ccccc1. The number of anilines is 1. The molecule has 0 aliphatic carbocycles. The van der Waals surface area contributed by atoms with Crippen molar-refractivity contribution in [1.82, 2.24) is 15.6 Å². The van der Waals surface area contributed by atoms with E-state index in [-0.39, 0.29) is 18.1 Å². The van der Waals surface area contributed by atoms with E-state index in [1.807, 2.05) is 109 Å². The first-order valence-corrected chi connectivity index (χ1v) is 16.6. The molecule has 3 unspecified atom stereocenters. The van der Waals surface area contributed by atoms with Crippen LogP contribution in [0.25, 0.3) is 10.2 Å². The fraction of sp³-hybridized carbons (Fsp3) is 0.270. The lowest BCUT2D eigenvalue weighted by atomic mass is 9.84. The number of fused-ring (bicyclic) bond motifs is 1. The molecule has 10 heteroatoms. The second-order valence-corrected chi connectivity index (χ2v) is 12.3. The molecule has 1 aliphatic heterocycles. The summed E-state index contributed by atoms with van der Waals surface area (Å²) in [6.07, 6.45) is 0.663. The first-order valence-electron chi connectivity index (χ1n) is 15.7. The zero-order valence-electron chi connectivity index (χ0n) is 26.1. The fourth-order valence-corrected chi connectivity index (χ4v) is 6.63. The minimum Gasteiger partial charge on any atom is -0.491 e. The molecule has 2 amide bonds. The minimum atomic E-state index is -0.941. The molecule has 1 fully saturated rings. The van der Waals surface area contributed by atoms with Crippen LogP contribution in [0.3, 0.4) is 0 Å². The van der Waals surface area contributed by atoms with Gasteiger partial charge in [0.2, 0.25) is 5.91 Å².